The van der Waals surface area contributed by atoms with Crippen molar-refractivity contribution in [2.75, 3.05) is 10.4 Å². The van der Waals surface area contributed by atoms with Crippen LogP contribution in [0.5, 0.6) is 0 Å². The highest BCUT2D eigenvalue weighted by Crippen LogP contribution is 2.32. The predicted octanol–water partition coefficient (Wildman–Crippen LogP) is 6.74. The van der Waals surface area contributed by atoms with Gasteiger partial charge in [-0.05, 0) is 89.4 Å². The van der Waals surface area contributed by atoms with E-state index in [2.05, 4.69) is 10.3 Å². The zero-order valence-electron chi connectivity index (χ0n) is 20.9. The Morgan fingerprint density at radius 3 is 2.36 bits per heavy atom. The fourth-order valence-corrected chi connectivity index (χ4v) is 3.51. The minimum atomic E-state index is -1.38. The van der Waals surface area contributed by atoms with Crippen LogP contribution >= 0.6 is 11.6 Å². The maximum Gasteiger partial charge on any atom is 0.440 e. The summed E-state index contributed by atoms with van der Waals surface area (Å²) in [6.45, 7) is 10.6. The van der Waals surface area contributed by atoms with Crippen LogP contribution in [0, 0.1) is 5.82 Å². The van der Waals surface area contributed by atoms with Gasteiger partial charge in [0.05, 0.1) is 5.60 Å². The van der Waals surface area contributed by atoms with Crippen molar-refractivity contribution < 1.29 is 28.7 Å². The number of carboxylic acid groups (broad SMARTS) is 1. The number of amides is 1. The summed E-state index contributed by atoms with van der Waals surface area (Å²) in [5, 5.41) is 15.0. The van der Waals surface area contributed by atoms with E-state index in [1.165, 1.54) is 18.3 Å². The van der Waals surface area contributed by atoms with E-state index in [0.29, 0.717) is 16.5 Å². The van der Waals surface area contributed by atoms with Crippen LogP contribution in [0.3, 0.4) is 0 Å². The first-order chi connectivity index (χ1) is 16.6. The van der Waals surface area contributed by atoms with E-state index >= 15 is 0 Å². The highest BCUT2D eigenvalue weighted by molar-refractivity contribution is 6.30. The molecular weight excluding hydrogens is 489 g/mol. The molecule has 8 nitrogen and oxygen atoms in total. The molecule has 192 valence electrons. The summed E-state index contributed by atoms with van der Waals surface area (Å²) in [6, 6.07) is 8.99. The van der Waals surface area contributed by atoms with Crippen molar-refractivity contribution in [3.05, 3.63) is 65.1 Å². The van der Waals surface area contributed by atoms with Crippen molar-refractivity contribution in [1.29, 1.82) is 0 Å². The van der Waals surface area contributed by atoms with Crippen LogP contribution in [0.25, 0.3) is 10.8 Å². The summed E-state index contributed by atoms with van der Waals surface area (Å²) in [5.41, 5.74) is -1.19. The Kier molecular flexibility index (Phi) is 7.76. The largest absolute Gasteiger partial charge is 0.479 e. The number of carboxylic acids is 1. The van der Waals surface area contributed by atoms with Gasteiger partial charge in [0.1, 0.15) is 11.4 Å². The van der Waals surface area contributed by atoms with E-state index in [0.717, 1.165) is 11.1 Å². The Bertz CT molecular complexity index is 1290. The molecule has 1 heterocycles. The fourth-order valence-electron chi connectivity index (χ4n) is 3.33. The molecule has 3 aromatic rings. The Morgan fingerprint density at radius 1 is 1.06 bits per heavy atom. The molecule has 1 aromatic heterocycles. The number of anilines is 2. The van der Waals surface area contributed by atoms with Crippen LogP contribution in [-0.2, 0) is 14.4 Å². The minimum absolute atomic E-state index is 0.0970. The molecule has 0 aliphatic heterocycles. The van der Waals surface area contributed by atoms with Gasteiger partial charge < -0.3 is 15.2 Å². The Balaban J connectivity index is 2.02. The van der Waals surface area contributed by atoms with Gasteiger partial charge in [-0.25, -0.2) is 19.0 Å². The first-order valence-corrected chi connectivity index (χ1v) is 11.6. The molecule has 10 heteroatoms. The van der Waals surface area contributed by atoms with Crippen LogP contribution in [0.15, 0.2) is 48.7 Å². The normalized spacial score (nSPS) is 12.8. The van der Waals surface area contributed by atoms with Gasteiger partial charge >= 0.3 is 12.1 Å². The lowest BCUT2D eigenvalue weighted by molar-refractivity contribution is -0.138. The molecule has 1 unspecified atom stereocenters. The maximum absolute atomic E-state index is 14.4. The van der Waals surface area contributed by atoms with Gasteiger partial charge in [0, 0.05) is 27.9 Å². The van der Waals surface area contributed by atoms with Gasteiger partial charge in [0.25, 0.3) is 0 Å². The summed E-state index contributed by atoms with van der Waals surface area (Å²) < 4.78 is 19.9. The first kappa shape index (κ1) is 27.2. The van der Waals surface area contributed by atoms with Crippen LogP contribution in [-0.4, -0.2) is 33.4 Å². The molecule has 0 saturated heterocycles. The molecule has 0 saturated carbocycles. The lowest BCUT2D eigenvalue weighted by Crippen LogP contribution is -2.42. The Morgan fingerprint density at radius 2 is 1.75 bits per heavy atom. The van der Waals surface area contributed by atoms with Crippen molar-refractivity contribution in [1.82, 2.24) is 4.98 Å². The fraction of sp³-hybridized carbons (Fsp3) is 0.346. The van der Waals surface area contributed by atoms with Crippen molar-refractivity contribution in [3.63, 3.8) is 0 Å². The van der Waals surface area contributed by atoms with Crippen LogP contribution in [0.1, 0.15) is 53.1 Å². The molecule has 1 atom stereocenters. The number of carbonyl (C=O) groups excluding carboxylic acids is 1. The molecule has 0 spiro atoms. The second kappa shape index (κ2) is 10.3. The van der Waals surface area contributed by atoms with Gasteiger partial charge in [0.15, 0.2) is 11.9 Å². The molecule has 2 aromatic carbocycles. The summed E-state index contributed by atoms with van der Waals surface area (Å²) >= 11 is 5.96. The molecule has 1 amide bonds. The van der Waals surface area contributed by atoms with E-state index in [-0.39, 0.29) is 16.4 Å². The highest BCUT2D eigenvalue weighted by Gasteiger charge is 2.31. The molecule has 0 aliphatic rings. The number of ether oxygens (including phenoxy) is 1. The Hall–Kier alpha value is -3.43. The first-order valence-electron chi connectivity index (χ1n) is 11.2. The molecule has 3 rings (SSSR count). The number of hydrogen-bond donors (Lipinski definition) is 2. The van der Waals surface area contributed by atoms with E-state index in [9.17, 15) is 19.1 Å². The zero-order valence-corrected chi connectivity index (χ0v) is 21.7. The number of nitrogens with zero attached hydrogens (tertiary/aromatic N) is 2. The van der Waals surface area contributed by atoms with E-state index in [1.807, 2.05) is 0 Å². The predicted molar refractivity (Wildman–Crippen MR) is 137 cm³/mol. The summed E-state index contributed by atoms with van der Waals surface area (Å²) in [6.07, 6.45) is 0.762. The third kappa shape index (κ3) is 6.83. The lowest BCUT2D eigenvalue weighted by Gasteiger charge is -2.31. The van der Waals surface area contributed by atoms with E-state index in [4.69, 9.17) is 21.2 Å². The van der Waals surface area contributed by atoms with Gasteiger partial charge in [-0.2, -0.15) is 0 Å². The van der Waals surface area contributed by atoms with E-state index < -0.39 is 35.1 Å². The number of hydrogen-bond acceptors (Lipinski definition) is 6. The number of pyridine rings is 1. The monoisotopic (exact) mass is 517 g/mol. The quantitative estimate of drug-likeness (QED) is 0.349. The molecule has 0 aliphatic carbocycles. The third-order valence-electron chi connectivity index (χ3n) is 4.69. The number of nitrogens with one attached hydrogen (secondary N) is 1. The smallest absolute Gasteiger partial charge is 0.440 e. The molecule has 0 radical (unpaired) electrons. The van der Waals surface area contributed by atoms with Crippen LogP contribution in [0.4, 0.5) is 20.7 Å². The van der Waals surface area contributed by atoms with Crippen molar-refractivity contribution in [3.8, 4) is 0 Å². The van der Waals surface area contributed by atoms with Gasteiger partial charge in [-0.3, -0.25) is 4.84 Å². The van der Waals surface area contributed by atoms with Crippen molar-refractivity contribution >= 4 is 45.9 Å². The lowest BCUT2D eigenvalue weighted by atomic mass is 10.0. The Labute approximate surface area is 213 Å². The number of aromatic nitrogens is 1. The molecular formula is C26H29ClFN3O5. The number of carbonyl (C=O) groups is 2. The number of fused-ring (bicyclic) bond motifs is 1. The molecule has 36 heavy (non-hydrogen) atoms. The number of hydroxylamine groups is 1. The number of halogens is 2. The standard InChI is InChI=1S/C26H29ClFN3O5/c1-25(2,3)35-24(34)31(36-26(4,5)6)22-18-9-8-17(13-15(18)11-12-29-22)30-21(23(32)33)19-14-16(27)7-10-20(19)28/h7-14,21,30H,1-6H3,(H,32,33). The second-order valence-electron chi connectivity index (χ2n) is 10.1. The molecule has 0 fully saturated rings. The van der Waals surface area contributed by atoms with Gasteiger partial charge in [-0.15, -0.1) is 5.06 Å². The van der Waals surface area contributed by atoms with Gasteiger partial charge in [0.2, 0.25) is 0 Å². The summed E-state index contributed by atoms with van der Waals surface area (Å²) in [5.74, 6) is -1.76. The van der Waals surface area contributed by atoms with Crippen LogP contribution < -0.4 is 10.4 Å². The van der Waals surface area contributed by atoms with Crippen molar-refractivity contribution in [2.45, 2.75) is 58.8 Å². The third-order valence-corrected chi connectivity index (χ3v) is 4.92. The van der Waals surface area contributed by atoms with Crippen molar-refractivity contribution in [2.24, 2.45) is 0 Å². The molecule has 0 bridgehead atoms. The number of aliphatic carboxylic acids is 1. The molecule has 2 N–H and O–H groups in total. The SMILES string of the molecule is CC(C)(C)OC(=O)N(OC(C)(C)C)c1nccc2cc(NC(C(=O)O)c3cc(Cl)ccc3F)ccc12. The van der Waals surface area contributed by atoms with Gasteiger partial charge in [-0.1, -0.05) is 11.6 Å². The minimum Gasteiger partial charge on any atom is -0.479 e. The average Bonchev–Trinajstić information content (AvgIpc) is 2.75. The number of benzene rings is 2. The average molecular weight is 518 g/mol. The highest BCUT2D eigenvalue weighted by atomic mass is 35.5. The zero-order chi connectivity index (χ0) is 26.8. The number of rotatable bonds is 6. The summed E-state index contributed by atoms with van der Waals surface area (Å²) in [7, 11) is 0. The second-order valence-corrected chi connectivity index (χ2v) is 10.6. The maximum atomic E-state index is 14.4. The topological polar surface area (TPSA) is 101 Å². The summed E-state index contributed by atoms with van der Waals surface area (Å²) in [4.78, 5) is 35.2. The van der Waals surface area contributed by atoms with Crippen LogP contribution in [0.2, 0.25) is 5.02 Å². The van der Waals surface area contributed by atoms with E-state index in [1.54, 1.807) is 65.8 Å².